The molecule has 0 fully saturated rings. The zero-order valence-electron chi connectivity index (χ0n) is 17.1. The number of para-hydroxylation sites is 1. The third-order valence-electron chi connectivity index (χ3n) is 4.93. The summed E-state index contributed by atoms with van der Waals surface area (Å²) < 4.78 is 37.8. The number of hydrogen-bond acceptors (Lipinski definition) is 4. The number of hydrogen-bond donors (Lipinski definition) is 1. The van der Waals surface area contributed by atoms with Gasteiger partial charge < -0.3 is 5.32 Å². The van der Waals surface area contributed by atoms with Gasteiger partial charge >= 0.3 is 6.18 Å². The Morgan fingerprint density at radius 2 is 1.52 bits per heavy atom. The maximum absolute atomic E-state index is 12.8. The van der Waals surface area contributed by atoms with Gasteiger partial charge in [-0.15, -0.1) is 11.8 Å². The molecule has 0 aliphatic carbocycles. The number of nitrogens with one attached hydrogen (secondary N) is 1. The molecule has 0 aromatic heterocycles. The summed E-state index contributed by atoms with van der Waals surface area (Å²) in [6.45, 7) is -0.00844. The lowest BCUT2D eigenvalue weighted by atomic mass is 10.1. The molecular weight excluding hydrogens is 453 g/mol. The van der Waals surface area contributed by atoms with Gasteiger partial charge in [0.15, 0.2) is 0 Å². The Hall–Kier alpha value is -3.59. The fourth-order valence-corrected chi connectivity index (χ4v) is 4.19. The van der Waals surface area contributed by atoms with Gasteiger partial charge in [-0.25, -0.2) is 0 Å². The van der Waals surface area contributed by atoms with Gasteiger partial charge in [-0.05, 0) is 42.0 Å². The summed E-state index contributed by atoms with van der Waals surface area (Å²) >= 11 is 0.589. The maximum Gasteiger partial charge on any atom is 0.398 e. The van der Waals surface area contributed by atoms with E-state index in [9.17, 15) is 27.6 Å². The molecule has 5 nitrogen and oxygen atoms in total. The Labute approximate surface area is 191 Å². The fraction of sp³-hybridized carbons (Fsp3) is 0.125. The van der Waals surface area contributed by atoms with E-state index in [0.29, 0.717) is 33.3 Å². The fourth-order valence-electron chi connectivity index (χ4n) is 3.43. The SMILES string of the molecule is O=C(Nc1ccccc1SCC(F)(F)F)c1cccc(CN2C(=O)c3ccccc3C2=O)c1. The molecule has 3 aromatic rings. The first-order valence-electron chi connectivity index (χ1n) is 9.87. The predicted octanol–water partition coefficient (Wildman–Crippen LogP) is 5.39. The van der Waals surface area contributed by atoms with Gasteiger partial charge in [-0.2, -0.15) is 13.2 Å². The molecule has 0 saturated heterocycles. The van der Waals surface area contributed by atoms with Crippen LogP contribution < -0.4 is 5.32 Å². The van der Waals surface area contributed by atoms with Crippen molar-refractivity contribution in [3.8, 4) is 0 Å². The van der Waals surface area contributed by atoms with Crippen LogP contribution in [0.15, 0.2) is 77.7 Å². The lowest BCUT2D eigenvalue weighted by molar-refractivity contribution is -0.105. The normalized spacial score (nSPS) is 13.2. The number of thioether (sulfide) groups is 1. The highest BCUT2D eigenvalue weighted by Gasteiger charge is 2.35. The van der Waals surface area contributed by atoms with E-state index in [0.717, 1.165) is 4.90 Å². The average molecular weight is 470 g/mol. The van der Waals surface area contributed by atoms with Crippen LogP contribution in [0.4, 0.5) is 18.9 Å². The highest BCUT2D eigenvalue weighted by atomic mass is 32.2. The average Bonchev–Trinajstić information content (AvgIpc) is 3.03. The second-order valence-corrected chi connectivity index (χ2v) is 8.31. The van der Waals surface area contributed by atoms with Gasteiger partial charge in [0.2, 0.25) is 0 Å². The highest BCUT2D eigenvalue weighted by Crippen LogP contribution is 2.32. The van der Waals surface area contributed by atoms with Crippen LogP contribution in [0.25, 0.3) is 0 Å². The van der Waals surface area contributed by atoms with Crippen LogP contribution in [0.1, 0.15) is 36.6 Å². The summed E-state index contributed by atoms with van der Waals surface area (Å²) in [5, 5.41) is 2.64. The number of alkyl halides is 3. The number of halogens is 3. The molecule has 0 saturated carbocycles. The number of fused-ring (bicyclic) bond motifs is 1. The topological polar surface area (TPSA) is 66.5 Å². The second-order valence-electron chi connectivity index (χ2n) is 7.30. The van der Waals surface area contributed by atoms with Crippen LogP contribution in [0.5, 0.6) is 0 Å². The third kappa shape index (κ3) is 5.09. The number of carbonyl (C=O) groups is 3. The van der Waals surface area contributed by atoms with E-state index in [1.54, 1.807) is 60.7 Å². The van der Waals surface area contributed by atoms with E-state index in [-0.39, 0.29) is 17.8 Å². The van der Waals surface area contributed by atoms with Crippen molar-refractivity contribution in [3.05, 3.63) is 95.1 Å². The smallest absolute Gasteiger partial charge is 0.321 e. The van der Waals surface area contributed by atoms with E-state index < -0.39 is 29.7 Å². The molecule has 0 spiro atoms. The maximum atomic E-state index is 12.8. The summed E-state index contributed by atoms with van der Waals surface area (Å²) in [6, 6.07) is 19.2. The van der Waals surface area contributed by atoms with Gasteiger partial charge in [0.05, 0.1) is 29.1 Å². The molecule has 1 heterocycles. The Morgan fingerprint density at radius 1 is 0.879 bits per heavy atom. The Morgan fingerprint density at radius 3 is 2.18 bits per heavy atom. The molecule has 0 unspecified atom stereocenters. The monoisotopic (exact) mass is 470 g/mol. The summed E-state index contributed by atoms with van der Waals surface area (Å²) in [7, 11) is 0. The molecule has 3 amide bonds. The van der Waals surface area contributed by atoms with Crippen LogP contribution in [0, 0.1) is 0 Å². The molecule has 1 N–H and O–H groups in total. The van der Waals surface area contributed by atoms with E-state index in [1.165, 1.54) is 12.1 Å². The molecule has 33 heavy (non-hydrogen) atoms. The molecule has 168 valence electrons. The zero-order chi connectivity index (χ0) is 23.6. The van der Waals surface area contributed by atoms with Crippen LogP contribution in [-0.4, -0.2) is 34.6 Å². The number of anilines is 1. The van der Waals surface area contributed by atoms with Gasteiger partial charge in [-0.1, -0.05) is 36.4 Å². The summed E-state index contributed by atoms with van der Waals surface area (Å²) in [6.07, 6.45) is -4.33. The van der Waals surface area contributed by atoms with Crippen molar-refractivity contribution < 1.29 is 27.6 Å². The quantitative estimate of drug-likeness (QED) is 0.388. The molecule has 1 aliphatic heterocycles. The van der Waals surface area contributed by atoms with Gasteiger partial charge in [-0.3, -0.25) is 19.3 Å². The lowest BCUT2D eigenvalue weighted by Crippen LogP contribution is -2.29. The summed E-state index contributed by atoms with van der Waals surface area (Å²) in [5.74, 6) is -2.39. The van der Waals surface area contributed by atoms with Crippen LogP contribution in [0.2, 0.25) is 0 Å². The Balaban J connectivity index is 1.49. The minimum absolute atomic E-state index is 0.00844. The molecule has 1 aliphatic rings. The molecule has 0 bridgehead atoms. The second kappa shape index (κ2) is 9.11. The standard InChI is InChI=1S/C24H17F3N2O3S/c25-24(26,27)14-33-20-11-4-3-10-19(20)28-21(30)16-7-5-6-15(12-16)13-29-22(31)17-8-1-2-9-18(17)23(29)32/h1-12H,13-14H2,(H,28,30). The lowest BCUT2D eigenvalue weighted by Gasteiger charge is -2.15. The van der Waals surface area contributed by atoms with Gasteiger partial charge in [0.1, 0.15) is 0 Å². The van der Waals surface area contributed by atoms with Crippen molar-refractivity contribution in [1.29, 1.82) is 0 Å². The molecule has 0 atom stereocenters. The number of nitrogens with zero attached hydrogens (tertiary/aromatic N) is 1. The number of carbonyl (C=O) groups excluding carboxylic acids is 3. The van der Waals surface area contributed by atoms with E-state index >= 15 is 0 Å². The number of imide groups is 1. The number of rotatable bonds is 6. The molecule has 0 radical (unpaired) electrons. The number of benzene rings is 3. The predicted molar refractivity (Wildman–Crippen MR) is 118 cm³/mol. The van der Waals surface area contributed by atoms with Crippen LogP contribution >= 0.6 is 11.8 Å². The van der Waals surface area contributed by atoms with Crippen LogP contribution in [0.3, 0.4) is 0 Å². The van der Waals surface area contributed by atoms with Crippen molar-refractivity contribution in [1.82, 2.24) is 4.90 Å². The molecule has 9 heteroatoms. The van der Waals surface area contributed by atoms with E-state index in [4.69, 9.17) is 0 Å². The minimum atomic E-state index is -4.33. The Kier molecular flexibility index (Phi) is 6.24. The molecular formula is C24H17F3N2O3S. The molecule has 3 aromatic carbocycles. The van der Waals surface area contributed by atoms with Crippen LogP contribution in [-0.2, 0) is 6.54 Å². The summed E-state index contributed by atoms with van der Waals surface area (Å²) in [5.41, 5.74) is 1.76. The highest BCUT2D eigenvalue weighted by molar-refractivity contribution is 7.99. The first-order valence-corrected chi connectivity index (χ1v) is 10.9. The first kappa shape index (κ1) is 22.6. The van der Waals surface area contributed by atoms with Crippen molar-refractivity contribution in [3.63, 3.8) is 0 Å². The third-order valence-corrected chi connectivity index (χ3v) is 6.07. The summed E-state index contributed by atoms with van der Waals surface area (Å²) in [4.78, 5) is 39.4. The van der Waals surface area contributed by atoms with E-state index in [2.05, 4.69) is 5.32 Å². The zero-order valence-corrected chi connectivity index (χ0v) is 17.9. The largest absolute Gasteiger partial charge is 0.398 e. The van der Waals surface area contributed by atoms with Crippen molar-refractivity contribution in [2.24, 2.45) is 0 Å². The van der Waals surface area contributed by atoms with Crippen molar-refractivity contribution in [2.45, 2.75) is 17.6 Å². The van der Waals surface area contributed by atoms with Gasteiger partial charge in [0, 0.05) is 10.5 Å². The Bertz CT molecular complexity index is 1210. The molecule has 4 rings (SSSR count). The van der Waals surface area contributed by atoms with Gasteiger partial charge in [0.25, 0.3) is 17.7 Å². The van der Waals surface area contributed by atoms with Crippen molar-refractivity contribution in [2.75, 3.05) is 11.1 Å². The first-order chi connectivity index (χ1) is 15.7. The van der Waals surface area contributed by atoms with Crippen molar-refractivity contribution >= 4 is 35.2 Å². The van der Waals surface area contributed by atoms with E-state index in [1.807, 2.05) is 0 Å². The number of amides is 3. The minimum Gasteiger partial charge on any atom is -0.321 e.